The summed E-state index contributed by atoms with van der Waals surface area (Å²) in [7, 11) is 4.16. The van der Waals surface area contributed by atoms with Gasteiger partial charge in [0.1, 0.15) is 4.90 Å². The van der Waals surface area contributed by atoms with Gasteiger partial charge in [-0.2, -0.15) is 0 Å². The molecule has 0 aromatic heterocycles. The monoisotopic (exact) mass is 315 g/mol. The summed E-state index contributed by atoms with van der Waals surface area (Å²) >= 11 is 11.7. The van der Waals surface area contributed by atoms with Crippen LogP contribution in [-0.2, 0) is 9.05 Å². The molecule has 0 aliphatic heterocycles. The maximum absolute atomic E-state index is 11.8. The Bertz CT molecular complexity index is 569. The van der Waals surface area contributed by atoms with E-state index >= 15 is 0 Å². The zero-order valence-electron chi connectivity index (χ0n) is 8.87. The second-order valence-corrected chi connectivity index (χ2v) is 6.69. The van der Waals surface area contributed by atoms with Gasteiger partial charge in [-0.05, 0) is 12.1 Å². The lowest BCUT2D eigenvalue weighted by atomic mass is 10.2. The van der Waals surface area contributed by atoms with Crippen molar-refractivity contribution < 1.29 is 13.2 Å². The molecule has 1 aromatic rings. The van der Waals surface area contributed by atoms with Crippen molar-refractivity contribution in [2.24, 2.45) is 0 Å². The maximum atomic E-state index is 11.8. The van der Waals surface area contributed by atoms with Gasteiger partial charge in [-0.1, -0.05) is 23.2 Å². The Hall–Kier alpha value is -0.490. The van der Waals surface area contributed by atoms with E-state index in [4.69, 9.17) is 33.9 Å². The Morgan fingerprint density at radius 3 is 2.18 bits per heavy atom. The van der Waals surface area contributed by atoms with E-state index in [9.17, 15) is 13.2 Å². The van der Waals surface area contributed by atoms with Crippen LogP contribution in [0.1, 0.15) is 10.4 Å². The number of carbonyl (C=O) groups excluding carboxylic acids is 1. The predicted octanol–water partition coefficient (Wildman–Crippen LogP) is 2.62. The normalized spacial score (nSPS) is 11.4. The van der Waals surface area contributed by atoms with E-state index < -0.39 is 15.0 Å². The van der Waals surface area contributed by atoms with Gasteiger partial charge in [-0.3, -0.25) is 4.79 Å². The zero-order chi connectivity index (χ0) is 13.4. The molecule has 94 valence electrons. The molecule has 0 aliphatic rings. The number of benzene rings is 1. The van der Waals surface area contributed by atoms with Crippen LogP contribution in [0.2, 0.25) is 10.0 Å². The van der Waals surface area contributed by atoms with Crippen molar-refractivity contribution >= 4 is 48.8 Å². The molecular formula is C9H8Cl3NO3S. The Labute approximate surface area is 113 Å². The van der Waals surface area contributed by atoms with E-state index in [0.29, 0.717) is 0 Å². The standard InChI is InChI=1S/C9H8Cl3NO3S/c1-13(2)9(14)7-5(10)3-4-6(8(7)11)17(12,15)16/h3-4H,1-2H3. The average molecular weight is 317 g/mol. The number of nitrogens with zero attached hydrogens (tertiary/aromatic N) is 1. The van der Waals surface area contributed by atoms with Gasteiger partial charge in [0.15, 0.2) is 0 Å². The van der Waals surface area contributed by atoms with Gasteiger partial charge in [0, 0.05) is 24.8 Å². The molecule has 0 aliphatic carbocycles. The molecule has 0 heterocycles. The molecule has 0 saturated heterocycles. The number of hydrogen-bond acceptors (Lipinski definition) is 3. The molecule has 0 saturated carbocycles. The highest BCUT2D eigenvalue weighted by Crippen LogP contribution is 2.33. The van der Waals surface area contributed by atoms with Gasteiger partial charge in [0.25, 0.3) is 15.0 Å². The first-order valence-corrected chi connectivity index (χ1v) is 7.37. The fourth-order valence-electron chi connectivity index (χ4n) is 1.14. The highest BCUT2D eigenvalue weighted by atomic mass is 35.7. The molecule has 17 heavy (non-hydrogen) atoms. The van der Waals surface area contributed by atoms with Gasteiger partial charge in [0.05, 0.1) is 15.6 Å². The van der Waals surface area contributed by atoms with Crippen LogP contribution in [0.5, 0.6) is 0 Å². The summed E-state index contributed by atoms with van der Waals surface area (Å²) in [6, 6.07) is 2.42. The lowest BCUT2D eigenvalue weighted by molar-refractivity contribution is 0.0827. The highest BCUT2D eigenvalue weighted by Gasteiger charge is 2.24. The van der Waals surface area contributed by atoms with Gasteiger partial charge in [0.2, 0.25) is 0 Å². The third-order valence-corrected chi connectivity index (χ3v) is 4.12. The van der Waals surface area contributed by atoms with E-state index in [0.717, 1.165) is 6.07 Å². The molecule has 1 rings (SSSR count). The van der Waals surface area contributed by atoms with E-state index in [1.807, 2.05) is 0 Å². The van der Waals surface area contributed by atoms with E-state index in [2.05, 4.69) is 0 Å². The molecular weight excluding hydrogens is 309 g/mol. The number of rotatable bonds is 2. The van der Waals surface area contributed by atoms with Crippen molar-refractivity contribution in [2.75, 3.05) is 14.1 Å². The Morgan fingerprint density at radius 2 is 1.76 bits per heavy atom. The molecule has 0 spiro atoms. The SMILES string of the molecule is CN(C)C(=O)c1c(Cl)ccc(S(=O)(=O)Cl)c1Cl. The summed E-state index contributed by atoms with van der Waals surface area (Å²) in [4.78, 5) is 12.7. The van der Waals surface area contributed by atoms with E-state index in [1.54, 1.807) is 0 Å². The minimum Gasteiger partial charge on any atom is -0.345 e. The predicted molar refractivity (Wildman–Crippen MR) is 67.5 cm³/mol. The molecule has 1 amide bonds. The third-order valence-electron chi connectivity index (χ3n) is 1.94. The van der Waals surface area contributed by atoms with Crippen LogP contribution >= 0.6 is 33.9 Å². The minimum atomic E-state index is -4.02. The van der Waals surface area contributed by atoms with Crippen molar-refractivity contribution in [3.63, 3.8) is 0 Å². The first-order valence-electron chi connectivity index (χ1n) is 4.30. The Kier molecular flexibility index (Phi) is 4.30. The first kappa shape index (κ1) is 14.6. The zero-order valence-corrected chi connectivity index (χ0v) is 12.0. The lowest BCUT2D eigenvalue weighted by Crippen LogP contribution is -2.22. The molecule has 0 radical (unpaired) electrons. The second kappa shape index (κ2) is 5.02. The minimum absolute atomic E-state index is 0.0674. The van der Waals surface area contributed by atoms with Crippen molar-refractivity contribution in [1.29, 1.82) is 0 Å². The number of amides is 1. The topological polar surface area (TPSA) is 54.5 Å². The molecule has 1 aromatic carbocycles. The number of hydrogen-bond donors (Lipinski definition) is 0. The molecule has 0 unspecified atom stereocenters. The average Bonchev–Trinajstić information content (AvgIpc) is 2.14. The summed E-state index contributed by atoms with van der Waals surface area (Å²) in [6.07, 6.45) is 0. The number of halogens is 3. The molecule has 0 N–H and O–H groups in total. The molecule has 0 atom stereocenters. The van der Waals surface area contributed by atoms with Crippen LogP contribution < -0.4 is 0 Å². The van der Waals surface area contributed by atoms with Crippen molar-refractivity contribution in [3.05, 3.63) is 27.7 Å². The van der Waals surface area contributed by atoms with E-state index in [1.165, 1.54) is 25.1 Å². The number of carbonyl (C=O) groups is 1. The van der Waals surface area contributed by atoms with Gasteiger partial charge in [-0.15, -0.1) is 0 Å². The molecule has 0 fully saturated rings. The summed E-state index contributed by atoms with van der Waals surface area (Å²) < 4.78 is 22.4. The fraction of sp³-hybridized carbons (Fsp3) is 0.222. The first-order chi connectivity index (χ1) is 7.66. The molecule has 0 bridgehead atoms. The Balaban J connectivity index is 3.57. The molecule has 8 heteroatoms. The fourth-order valence-corrected chi connectivity index (χ4v) is 3.03. The summed E-state index contributed by atoms with van der Waals surface area (Å²) in [5.41, 5.74) is -0.0833. The van der Waals surface area contributed by atoms with Crippen LogP contribution in [0.3, 0.4) is 0 Å². The Morgan fingerprint density at radius 1 is 1.24 bits per heavy atom. The largest absolute Gasteiger partial charge is 0.345 e. The molecule has 4 nitrogen and oxygen atoms in total. The van der Waals surface area contributed by atoms with Crippen LogP contribution in [0, 0.1) is 0 Å². The quantitative estimate of drug-likeness (QED) is 0.788. The van der Waals surface area contributed by atoms with Crippen molar-refractivity contribution in [1.82, 2.24) is 4.90 Å². The van der Waals surface area contributed by atoms with Crippen LogP contribution in [0.4, 0.5) is 0 Å². The summed E-state index contributed by atoms with van der Waals surface area (Å²) in [6.45, 7) is 0. The third kappa shape index (κ3) is 3.04. The van der Waals surface area contributed by atoms with Crippen molar-refractivity contribution in [2.45, 2.75) is 4.90 Å². The van der Waals surface area contributed by atoms with Gasteiger partial charge < -0.3 is 4.90 Å². The van der Waals surface area contributed by atoms with Crippen LogP contribution in [0.25, 0.3) is 0 Å². The lowest BCUT2D eigenvalue weighted by Gasteiger charge is -2.14. The summed E-state index contributed by atoms with van der Waals surface area (Å²) in [5.74, 6) is -0.498. The van der Waals surface area contributed by atoms with E-state index in [-0.39, 0.29) is 20.5 Å². The van der Waals surface area contributed by atoms with Gasteiger partial charge >= 0.3 is 0 Å². The van der Waals surface area contributed by atoms with Crippen molar-refractivity contribution in [3.8, 4) is 0 Å². The van der Waals surface area contributed by atoms with Crippen LogP contribution in [-0.4, -0.2) is 33.3 Å². The maximum Gasteiger partial charge on any atom is 0.262 e. The van der Waals surface area contributed by atoms with Crippen LogP contribution in [0.15, 0.2) is 17.0 Å². The second-order valence-electron chi connectivity index (χ2n) is 3.37. The summed E-state index contributed by atoms with van der Waals surface area (Å²) in [5, 5.41) is -0.205. The van der Waals surface area contributed by atoms with Gasteiger partial charge in [-0.25, -0.2) is 8.42 Å². The highest BCUT2D eigenvalue weighted by molar-refractivity contribution is 8.13. The smallest absolute Gasteiger partial charge is 0.262 e.